The molecular weight excluding hydrogens is 384 g/mol. The zero-order valence-corrected chi connectivity index (χ0v) is 17.4. The van der Waals surface area contributed by atoms with Gasteiger partial charge in [0, 0.05) is 24.3 Å². The fraction of sp³-hybridized carbons (Fsp3) is 0.0769. The average molecular weight is 406 g/mol. The van der Waals surface area contributed by atoms with E-state index in [1.807, 2.05) is 85.5 Å². The number of nitrogens with zero attached hydrogens (tertiary/aromatic N) is 4. The minimum atomic E-state index is -0.135. The second-order valence-electron chi connectivity index (χ2n) is 7.47. The predicted molar refractivity (Wildman–Crippen MR) is 126 cm³/mol. The van der Waals surface area contributed by atoms with E-state index >= 15 is 0 Å². The quantitative estimate of drug-likeness (QED) is 0.381. The molecule has 0 unspecified atom stereocenters. The number of rotatable bonds is 4. The van der Waals surface area contributed by atoms with Gasteiger partial charge in [0.1, 0.15) is 0 Å². The molecule has 2 aromatic carbocycles. The third-order valence-electron chi connectivity index (χ3n) is 5.64. The summed E-state index contributed by atoms with van der Waals surface area (Å²) in [4.78, 5) is 17.9. The minimum absolute atomic E-state index is 0.135. The van der Waals surface area contributed by atoms with E-state index in [-0.39, 0.29) is 5.56 Å². The Morgan fingerprint density at radius 2 is 1.55 bits per heavy atom. The monoisotopic (exact) mass is 406 g/mol. The third kappa shape index (κ3) is 3.20. The molecule has 5 rings (SSSR count). The first-order chi connectivity index (χ1) is 15.1. The van der Waals surface area contributed by atoms with Crippen LogP contribution >= 0.6 is 0 Å². The fourth-order valence-electron chi connectivity index (χ4n) is 3.95. The normalized spacial score (nSPS) is 11.5. The summed E-state index contributed by atoms with van der Waals surface area (Å²) in [5, 5.41) is 0. The van der Waals surface area contributed by atoms with Gasteiger partial charge in [0.15, 0.2) is 5.69 Å². The molecule has 0 radical (unpaired) electrons. The van der Waals surface area contributed by atoms with Crippen LogP contribution in [-0.2, 0) is 7.05 Å². The average Bonchev–Trinajstić information content (AvgIpc) is 3.28. The molecule has 152 valence electrons. The highest BCUT2D eigenvalue weighted by Gasteiger charge is 2.16. The first-order valence-corrected chi connectivity index (χ1v) is 10.2. The van der Waals surface area contributed by atoms with Crippen LogP contribution in [-0.4, -0.2) is 20.0 Å². The van der Waals surface area contributed by atoms with Gasteiger partial charge < -0.3 is 4.40 Å². The summed E-state index contributed by atoms with van der Waals surface area (Å²) >= 11 is 0. The highest BCUT2D eigenvalue weighted by Crippen LogP contribution is 2.27. The molecule has 0 saturated heterocycles. The van der Waals surface area contributed by atoms with Gasteiger partial charge in [-0.05, 0) is 42.8 Å². The Morgan fingerprint density at radius 1 is 0.871 bits per heavy atom. The van der Waals surface area contributed by atoms with Crippen molar-refractivity contribution in [2.45, 2.75) is 6.92 Å². The molecule has 0 spiro atoms. The van der Waals surface area contributed by atoms with Crippen LogP contribution in [0.1, 0.15) is 11.4 Å². The van der Waals surface area contributed by atoms with Crippen molar-refractivity contribution in [3.05, 3.63) is 113 Å². The van der Waals surface area contributed by atoms with E-state index in [9.17, 15) is 4.79 Å². The lowest BCUT2D eigenvalue weighted by atomic mass is 10.1. The first kappa shape index (κ1) is 18.9. The predicted octanol–water partition coefficient (Wildman–Crippen LogP) is 5.15. The van der Waals surface area contributed by atoms with E-state index < -0.39 is 0 Å². The van der Waals surface area contributed by atoms with Gasteiger partial charge in [-0.1, -0.05) is 54.6 Å². The summed E-state index contributed by atoms with van der Waals surface area (Å²) < 4.78 is 5.59. The second kappa shape index (κ2) is 7.61. The summed E-state index contributed by atoms with van der Waals surface area (Å²) in [6.45, 7) is 1.92. The molecule has 0 aliphatic rings. The number of aromatic nitrogens is 3. The number of hydrogen-bond donors (Lipinski definition) is 0. The maximum Gasteiger partial charge on any atom is 0.297 e. The molecule has 0 amide bonds. The highest BCUT2D eigenvalue weighted by molar-refractivity contribution is 5.93. The van der Waals surface area contributed by atoms with E-state index in [1.54, 1.807) is 10.9 Å². The minimum Gasteiger partial charge on any atom is -0.315 e. The molecular formula is C26H22N4O. The Balaban J connectivity index is 1.67. The molecule has 0 saturated carbocycles. The molecule has 0 bridgehead atoms. The van der Waals surface area contributed by atoms with Gasteiger partial charge >= 0.3 is 0 Å². The maximum absolute atomic E-state index is 13.2. The summed E-state index contributed by atoms with van der Waals surface area (Å²) in [6, 6.07) is 28.1. The number of para-hydroxylation sites is 1. The van der Waals surface area contributed by atoms with Crippen molar-refractivity contribution in [2.75, 3.05) is 0 Å². The molecule has 31 heavy (non-hydrogen) atoms. The molecule has 0 aliphatic carbocycles. The van der Waals surface area contributed by atoms with Crippen molar-refractivity contribution >= 4 is 17.4 Å². The van der Waals surface area contributed by atoms with Gasteiger partial charge in [-0.25, -0.2) is 9.67 Å². The number of fused-ring (bicyclic) bond motifs is 1. The van der Waals surface area contributed by atoms with Crippen LogP contribution in [0, 0.1) is 6.92 Å². The number of pyridine rings is 1. The van der Waals surface area contributed by atoms with Gasteiger partial charge in [-0.2, -0.15) is 0 Å². The Morgan fingerprint density at radius 3 is 2.29 bits per heavy atom. The lowest BCUT2D eigenvalue weighted by Gasteiger charge is -2.07. The zero-order chi connectivity index (χ0) is 21.4. The van der Waals surface area contributed by atoms with Crippen LogP contribution in [0.3, 0.4) is 0 Å². The molecule has 0 fully saturated rings. The van der Waals surface area contributed by atoms with Gasteiger partial charge in [0.2, 0.25) is 0 Å². The number of aliphatic imine (C=N–C) groups is 1. The van der Waals surface area contributed by atoms with E-state index in [0.29, 0.717) is 5.69 Å². The van der Waals surface area contributed by atoms with Crippen LogP contribution < -0.4 is 5.56 Å². The Bertz CT molecular complexity index is 1450. The molecule has 0 atom stereocenters. The number of hydrogen-bond acceptors (Lipinski definition) is 2. The van der Waals surface area contributed by atoms with Crippen LogP contribution in [0.25, 0.3) is 22.3 Å². The van der Waals surface area contributed by atoms with Gasteiger partial charge in [-0.15, -0.1) is 0 Å². The van der Waals surface area contributed by atoms with Crippen molar-refractivity contribution < 1.29 is 0 Å². The molecule has 3 aromatic heterocycles. The Hall–Kier alpha value is -4.12. The summed E-state index contributed by atoms with van der Waals surface area (Å²) in [6.07, 6.45) is 3.82. The SMILES string of the molecule is Cc1c(N=Cc2c(-c3ccccc3)cc3ccccn23)c(=O)n(-c2ccccc2)n1C. The smallest absolute Gasteiger partial charge is 0.297 e. The highest BCUT2D eigenvalue weighted by atomic mass is 16.1. The summed E-state index contributed by atoms with van der Waals surface area (Å²) in [5.41, 5.74) is 6.14. The van der Waals surface area contributed by atoms with E-state index in [1.165, 1.54) is 0 Å². The maximum atomic E-state index is 13.2. The molecule has 0 aliphatic heterocycles. The lowest BCUT2D eigenvalue weighted by molar-refractivity contribution is 0.630. The third-order valence-corrected chi connectivity index (χ3v) is 5.64. The van der Waals surface area contributed by atoms with Gasteiger partial charge in [-0.3, -0.25) is 9.48 Å². The largest absolute Gasteiger partial charge is 0.315 e. The Kier molecular flexibility index (Phi) is 4.64. The summed E-state index contributed by atoms with van der Waals surface area (Å²) in [7, 11) is 1.88. The molecule has 5 heteroatoms. The van der Waals surface area contributed by atoms with Crippen LogP contribution in [0.15, 0.2) is 101 Å². The van der Waals surface area contributed by atoms with Crippen LogP contribution in [0.4, 0.5) is 5.69 Å². The van der Waals surface area contributed by atoms with Gasteiger partial charge in [0.05, 0.1) is 23.3 Å². The van der Waals surface area contributed by atoms with E-state index in [0.717, 1.165) is 33.7 Å². The van der Waals surface area contributed by atoms with Crippen molar-refractivity contribution in [1.29, 1.82) is 0 Å². The Labute approximate surface area is 180 Å². The molecule has 5 aromatic rings. The van der Waals surface area contributed by atoms with Gasteiger partial charge in [0.25, 0.3) is 5.56 Å². The first-order valence-electron chi connectivity index (χ1n) is 10.2. The fourth-order valence-corrected chi connectivity index (χ4v) is 3.95. The van der Waals surface area contributed by atoms with Crippen LogP contribution in [0.5, 0.6) is 0 Å². The number of benzene rings is 2. The van der Waals surface area contributed by atoms with Crippen molar-refractivity contribution in [3.63, 3.8) is 0 Å². The van der Waals surface area contributed by atoms with Crippen molar-refractivity contribution in [1.82, 2.24) is 13.8 Å². The lowest BCUT2D eigenvalue weighted by Crippen LogP contribution is -2.19. The zero-order valence-electron chi connectivity index (χ0n) is 17.4. The van der Waals surface area contributed by atoms with Crippen molar-refractivity contribution in [3.8, 4) is 16.8 Å². The van der Waals surface area contributed by atoms with Crippen molar-refractivity contribution in [2.24, 2.45) is 12.0 Å². The van der Waals surface area contributed by atoms with E-state index in [2.05, 4.69) is 28.7 Å². The molecule has 5 nitrogen and oxygen atoms in total. The topological polar surface area (TPSA) is 43.7 Å². The van der Waals surface area contributed by atoms with Crippen LogP contribution in [0.2, 0.25) is 0 Å². The second-order valence-corrected chi connectivity index (χ2v) is 7.47. The standard InChI is InChI=1S/C26H22N4O/c1-19-25(26(31)30(28(19)2)21-13-7-4-8-14-21)27-18-24-23(20-11-5-3-6-12-20)17-22-15-9-10-16-29(22)24/h3-18H,1-2H3. The molecule has 0 N–H and O–H groups in total. The molecule has 3 heterocycles. The summed E-state index contributed by atoms with van der Waals surface area (Å²) in [5.74, 6) is 0. The van der Waals surface area contributed by atoms with E-state index in [4.69, 9.17) is 4.99 Å².